The second kappa shape index (κ2) is 7.40. The third kappa shape index (κ3) is 3.89. The van der Waals surface area contributed by atoms with Crippen molar-refractivity contribution >= 4 is 21.4 Å². The van der Waals surface area contributed by atoms with Crippen LogP contribution in [0.3, 0.4) is 0 Å². The zero-order chi connectivity index (χ0) is 18.9. The van der Waals surface area contributed by atoms with Gasteiger partial charge in [0.15, 0.2) is 9.84 Å². The van der Waals surface area contributed by atoms with Crippen molar-refractivity contribution < 1.29 is 13.2 Å². The Labute approximate surface area is 159 Å². The standard InChI is InChI=1S/C20H23N3O3S/c24-20(22-16-6-2-1-3-7-16)17-8-10-27(25,26)19-14-23(13-18(17)19)12-15-5-4-9-21-11-15/h1-7,9,11,17-19H,8,10,12-14H2,(H,22,24)/t17-,18-,19-/m1/s1. The molecule has 0 unspecified atom stereocenters. The summed E-state index contributed by atoms with van der Waals surface area (Å²) in [6, 6.07) is 13.2. The van der Waals surface area contributed by atoms with Crippen LogP contribution < -0.4 is 5.32 Å². The molecule has 0 radical (unpaired) electrons. The highest BCUT2D eigenvalue weighted by Crippen LogP contribution is 2.38. The molecule has 2 aliphatic rings. The molecule has 1 aromatic heterocycles. The Morgan fingerprint density at radius 3 is 2.70 bits per heavy atom. The molecular formula is C20H23N3O3S. The summed E-state index contributed by atoms with van der Waals surface area (Å²) in [5, 5.41) is 2.49. The number of hydrogen-bond donors (Lipinski definition) is 1. The smallest absolute Gasteiger partial charge is 0.227 e. The third-order valence-corrected chi connectivity index (χ3v) is 7.81. The van der Waals surface area contributed by atoms with Gasteiger partial charge in [0.2, 0.25) is 5.91 Å². The molecule has 27 heavy (non-hydrogen) atoms. The largest absolute Gasteiger partial charge is 0.326 e. The highest BCUT2D eigenvalue weighted by Gasteiger charge is 2.50. The highest BCUT2D eigenvalue weighted by atomic mass is 32.2. The van der Waals surface area contributed by atoms with E-state index in [1.165, 1.54) is 0 Å². The number of fused-ring (bicyclic) bond motifs is 1. The molecule has 0 spiro atoms. The number of hydrogen-bond acceptors (Lipinski definition) is 5. The summed E-state index contributed by atoms with van der Waals surface area (Å²) in [5.74, 6) is -0.432. The van der Waals surface area contributed by atoms with Crippen LogP contribution in [0, 0.1) is 11.8 Å². The van der Waals surface area contributed by atoms with E-state index < -0.39 is 15.1 Å². The second-order valence-electron chi connectivity index (χ2n) is 7.38. The first kappa shape index (κ1) is 18.1. The van der Waals surface area contributed by atoms with Crippen molar-refractivity contribution in [3.63, 3.8) is 0 Å². The number of pyridine rings is 1. The Morgan fingerprint density at radius 2 is 1.96 bits per heavy atom. The molecule has 0 aliphatic carbocycles. The summed E-state index contributed by atoms with van der Waals surface area (Å²) >= 11 is 0. The van der Waals surface area contributed by atoms with Crippen LogP contribution in [0.1, 0.15) is 12.0 Å². The van der Waals surface area contributed by atoms with Gasteiger partial charge in [-0.05, 0) is 30.2 Å². The molecule has 142 valence electrons. The van der Waals surface area contributed by atoms with Crippen molar-refractivity contribution in [3.05, 3.63) is 60.4 Å². The van der Waals surface area contributed by atoms with Gasteiger partial charge in [0.1, 0.15) is 0 Å². The fourth-order valence-corrected chi connectivity index (χ4v) is 6.40. The van der Waals surface area contributed by atoms with Crippen molar-refractivity contribution in [2.45, 2.75) is 18.2 Å². The van der Waals surface area contributed by atoms with Crippen LogP contribution in [-0.4, -0.2) is 48.3 Å². The lowest BCUT2D eigenvalue weighted by atomic mass is 9.87. The lowest BCUT2D eigenvalue weighted by Gasteiger charge is -2.31. The van der Waals surface area contributed by atoms with E-state index in [2.05, 4.69) is 15.2 Å². The average Bonchev–Trinajstić information content (AvgIpc) is 3.08. The first-order valence-corrected chi connectivity index (χ1v) is 10.9. The monoisotopic (exact) mass is 385 g/mol. The molecule has 1 aromatic carbocycles. The summed E-state index contributed by atoms with van der Waals surface area (Å²) in [7, 11) is -3.16. The van der Waals surface area contributed by atoms with E-state index in [-0.39, 0.29) is 23.5 Å². The Morgan fingerprint density at radius 1 is 1.15 bits per heavy atom. The summed E-state index contributed by atoms with van der Waals surface area (Å²) in [6.45, 7) is 1.76. The molecule has 2 aromatic rings. The Bertz CT molecular complexity index is 903. The minimum Gasteiger partial charge on any atom is -0.326 e. The molecule has 0 saturated carbocycles. The van der Waals surface area contributed by atoms with Crippen molar-refractivity contribution in [2.75, 3.05) is 24.2 Å². The van der Waals surface area contributed by atoms with Crippen LogP contribution in [0.4, 0.5) is 5.69 Å². The van der Waals surface area contributed by atoms with Gasteiger partial charge in [-0.15, -0.1) is 0 Å². The van der Waals surface area contributed by atoms with E-state index >= 15 is 0 Å². The maximum Gasteiger partial charge on any atom is 0.227 e. The quantitative estimate of drug-likeness (QED) is 0.870. The first-order chi connectivity index (χ1) is 13.0. The molecule has 2 saturated heterocycles. The van der Waals surface area contributed by atoms with Gasteiger partial charge in [-0.2, -0.15) is 0 Å². The van der Waals surface area contributed by atoms with E-state index in [1.54, 1.807) is 12.4 Å². The van der Waals surface area contributed by atoms with Gasteiger partial charge in [0, 0.05) is 49.6 Å². The molecule has 2 aliphatic heterocycles. The van der Waals surface area contributed by atoms with Gasteiger partial charge in [-0.3, -0.25) is 14.7 Å². The molecule has 4 rings (SSSR count). The minimum absolute atomic E-state index is 0.0747. The normalized spacial score (nSPS) is 27.0. The fraction of sp³-hybridized carbons (Fsp3) is 0.400. The number of para-hydroxylation sites is 1. The number of carbonyl (C=O) groups is 1. The van der Waals surface area contributed by atoms with Crippen LogP contribution in [0.5, 0.6) is 0 Å². The summed E-state index contributed by atoms with van der Waals surface area (Å²) in [5.41, 5.74) is 1.80. The van der Waals surface area contributed by atoms with Gasteiger partial charge in [0.05, 0.1) is 11.0 Å². The molecule has 1 amide bonds. The molecule has 6 nitrogen and oxygen atoms in total. The molecule has 7 heteroatoms. The van der Waals surface area contributed by atoms with Crippen molar-refractivity contribution in [3.8, 4) is 0 Å². The number of aromatic nitrogens is 1. The zero-order valence-corrected chi connectivity index (χ0v) is 15.8. The SMILES string of the molecule is O=C(Nc1ccccc1)[C@@H]1CCS(=O)(=O)[C@@H]2CN(Cc3cccnc3)C[C@@H]21. The van der Waals surface area contributed by atoms with Crippen LogP contribution in [0.2, 0.25) is 0 Å². The molecule has 3 heterocycles. The van der Waals surface area contributed by atoms with Gasteiger partial charge >= 0.3 is 0 Å². The summed E-state index contributed by atoms with van der Waals surface area (Å²) in [6.07, 6.45) is 3.92. The molecule has 3 atom stereocenters. The third-order valence-electron chi connectivity index (χ3n) is 5.58. The number of nitrogens with zero attached hydrogens (tertiary/aromatic N) is 2. The predicted octanol–water partition coefficient (Wildman–Crippen LogP) is 1.96. The van der Waals surface area contributed by atoms with E-state index in [9.17, 15) is 13.2 Å². The number of likely N-dealkylation sites (tertiary alicyclic amines) is 1. The lowest BCUT2D eigenvalue weighted by Crippen LogP contribution is -2.45. The Balaban J connectivity index is 1.50. The minimum atomic E-state index is -3.16. The molecule has 1 N–H and O–H groups in total. The average molecular weight is 385 g/mol. The molecule has 2 fully saturated rings. The number of amides is 1. The van der Waals surface area contributed by atoms with Crippen LogP contribution in [0.25, 0.3) is 0 Å². The summed E-state index contributed by atoms with van der Waals surface area (Å²) < 4.78 is 25.2. The van der Waals surface area contributed by atoms with Gasteiger partial charge < -0.3 is 5.32 Å². The highest BCUT2D eigenvalue weighted by molar-refractivity contribution is 7.92. The van der Waals surface area contributed by atoms with E-state index in [0.29, 0.717) is 26.1 Å². The Hall–Kier alpha value is -2.25. The van der Waals surface area contributed by atoms with Gasteiger partial charge in [-0.25, -0.2) is 8.42 Å². The summed E-state index contributed by atoms with van der Waals surface area (Å²) in [4.78, 5) is 19.1. The molecule has 0 bridgehead atoms. The second-order valence-corrected chi connectivity index (χ2v) is 9.71. The van der Waals surface area contributed by atoms with Gasteiger partial charge in [0.25, 0.3) is 0 Å². The predicted molar refractivity (Wildman–Crippen MR) is 104 cm³/mol. The van der Waals surface area contributed by atoms with Crippen LogP contribution in [-0.2, 0) is 21.2 Å². The topological polar surface area (TPSA) is 79.4 Å². The van der Waals surface area contributed by atoms with Crippen molar-refractivity contribution in [1.82, 2.24) is 9.88 Å². The number of sulfone groups is 1. The number of benzene rings is 1. The maximum absolute atomic E-state index is 12.9. The maximum atomic E-state index is 12.9. The molecular weight excluding hydrogens is 362 g/mol. The van der Waals surface area contributed by atoms with E-state index in [1.807, 2.05) is 42.5 Å². The van der Waals surface area contributed by atoms with E-state index in [4.69, 9.17) is 0 Å². The number of anilines is 1. The number of nitrogens with one attached hydrogen (secondary N) is 1. The van der Waals surface area contributed by atoms with E-state index in [0.717, 1.165) is 11.3 Å². The van der Waals surface area contributed by atoms with Crippen molar-refractivity contribution in [1.29, 1.82) is 0 Å². The van der Waals surface area contributed by atoms with Crippen LogP contribution in [0.15, 0.2) is 54.9 Å². The van der Waals surface area contributed by atoms with Crippen LogP contribution >= 0.6 is 0 Å². The lowest BCUT2D eigenvalue weighted by molar-refractivity contribution is -0.121. The fourth-order valence-electron chi connectivity index (χ4n) is 4.26. The number of carbonyl (C=O) groups excluding carboxylic acids is 1. The first-order valence-electron chi connectivity index (χ1n) is 9.22. The number of rotatable bonds is 4. The zero-order valence-electron chi connectivity index (χ0n) is 15.0. The Kier molecular flexibility index (Phi) is 4.97. The van der Waals surface area contributed by atoms with Gasteiger partial charge in [-0.1, -0.05) is 24.3 Å². The van der Waals surface area contributed by atoms with Crippen molar-refractivity contribution in [2.24, 2.45) is 11.8 Å².